The molecule has 0 aliphatic heterocycles. The third kappa shape index (κ3) is 4.96. The smallest absolute Gasteiger partial charge is 0.120 e. The van der Waals surface area contributed by atoms with Crippen LogP contribution < -0.4 is 4.74 Å². The standard InChI is InChI=1S/C12H18BrNO2/c1-2-14(6-8-15)7-9-16-12-5-3-4-11(13)10-12/h3-5,10,15H,2,6-9H2,1H3. The van der Waals surface area contributed by atoms with Gasteiger partial charge >= 0.3 is 0 Å². The number of aliphatic hydroxyl groups excluding tert-OH is 1. The van der Waals surface area contributed by atoms with E-state index in [9.17, 15) is 0 Å². The molecule has 4 heteroatoms. The lowest BCUT2D eigenvalue weighted by molar-refractivity contribution is 0.174. The van der Waals surface area contributed by atoms with Crippen LogP contribution in [0.25, 0.3) is 0 Å². The number of likely N-dealkylation sites (N-methyl/N-ethyl adjacent to an activating group) is 1. The molecule has 1 aromatic carbocycles. The number of benzene rings is 1. The summed E-state index contributed by atoms with van der Waals surface area (Å²) in [5.74, 6) is 0.870. The highest BCUT2D eigenvalue weighted by molar-refractivity contribution is 9.10. The molecule has 0 fully saturated rings. The minimum Gasteiger partial charge on any atom is -0.492 e. The molecule has 0 unspecified atom stereocenters. The van der Waals surface area contributed by atoms with Gasteiger partial charge in [0.2, 0.25) is 0 Å². The first kappa shape index (κ1) is 13.5. The Morgan fingerprint density at radius 3 is 2.81 bits per heavy atom. The monoisotopic (exact) mass is 287 g/mol. The van der Waals surface area contributed by atoms with Crippen molar-refractivity contribution in [1.29, 1.82) is 0 Å². The Balaban J connectivity index is 2.29. The van der Waals surface area contributed by atoms with E-state index < -0.39 is 0 Å². The van der Waals surface area contributed by atoms with Gasteiger partial charge in [-0.3, -0.25) is 4.90 Å². The average Bonchev–Trinajstić information content (AvgIpc) is 2.28. The highest BCUT2D eigenvalue weighted by Crippen LogP contribution is 2.17. The molecule has 0 radical (unpaired) electrons. The van der Waals surface area contributed by atoms with Crippen LogP contribution in [0.3, 0.4) is 0 Å². The third-order valence-electron chi connectivity index (χ3n) is 2.34. The van der Waals surface area contributed by atoms with E-state index >= 15 is 0 Å². The number of ether oxygens (including phenoxy) is 1. The Bertz CT molecular complexity index is 307. The lowest BCUT2D eigenvalue weighted by Gasteiger charge is -2.19. The van der Waals surface area contributed by atoms with Crippen LogP contribution in [0.5, 0.6) is 5.75 Å². The van der Waals surface area contributed by atoms with Crippen LogP contribution in [0.4, 0.5) is 0 Å². The highest BCUT2D eigenvalue weighted by Gasteiger charge is 2.01. The molecule has 0 heterocycles. The minimum atomic E-state index is 0.199. The van der Waals surface area contributed by atoms with Crippen molar-refractivity contribution in [1.82, 2.24) is 4.90 Å². The van der Waals surface area contributed by atoms with Gasteiger partial charge < -0.3 is 9.84 Å². The summed E-state index contributed by atoms with van der Waals surface area (Å²) in [6.07, 6.45) is 0. The Morgan fingerprint density at radius 1 is 1.38 bits per heavy atom. The first-order chi connectivity index (χ1) is 7.76. The lowest BCUT2D eigenvalue weighted by atomic mass is 10.3. The molecule has 0 aliphatic rings. The summed E-state index contributed by atoms with van der Waals surface area (Å²) in [6.45, 7) is 5.40. The molecular weight excluding hydrogens is 270 g/mol. The largest absolute Gasteiger partial charge is 0.492 e. The fourth-order valence-electron chi connectivity index (χ4n) is 1.42. The molecule has 0 aliphatic carbocycles. The van der Waals surface area contributed by atoms with Crippen LogP contribution in [-0.2, 0) is 0 Å². The molecule has 1 aromatic rings. The maximum Gasteiger partial charge on any atom is 0.120 e. The number of halogens is 1. The molecule has 3 nitrogen and oxygen atoms in total. The van der Waals surface area contributed by atoms with Crippen molar-refractivity contribution in [3.05, 3.63) is 28.7 Å². The van der Waals surface area contributed by atoms with Crippen molar-refractivity contribution in [2.75, 3.05) is 32.8 Å². The predicted octanol–water partition coefficient (Wildman–Crippen LogP) is 2.14. The molecule has 0 atom stereocenters. The van der Waals surface area contributed by atoms with E-state index in [1.54, 1.807) is 0 Å². The van der Waals surface area contributed by atoms with E-state index in [0.717, 1.165) is 23.3 Å². The second-order valence-electron chi connectivity index (χ2n) is 3.46. The second kappa shape index (κ2) is 7.65. The van der Waals surface area contributed by atoms with E-state index in [-0.39, 0.29) is 6.61 Å². The normalized spacial score (nSPS) is 10.8. The Labute approximate surface area is 105 Å². The van der Waals surface area contributed by atoms with Crippen LogP contribution >= 0.6 is 15.9 Å². The second-order valence-corrected chi connectivity index (χ2v) is 4.38. The van der Waals surface area contributed by atoms with Crippen molar-refractivity contribution in [2.24, 2.45) is 0 Å². The zero-order valence-electron chi connectivity index (χ0n) is 9.53. The lowest BCUT2D eigenvalue weighted by Crippen LogP contribution is -2.30. The fourth-order valence-corrected chi connectivity index (χ4v) is 1.80. The maximum atomic E-state index is 8.83. The van der Waals surface area contributed by atoms with Crippen molar-refractivity contribution >= 4 is 15.9 Å². The van der Waals surface area contributed by atoms with Gasteiger partial charge in [-0.15, -0.1) is 0 Å². The van der Waals surface area contributed by atoms with E-state index in [1.165, 1.54) is 0 Å². The Kier molecular flexibility index (Phi) is 6.45. The number of hydrogen-bond acceptors (Lipinski definition) is 3. The van der Waals surface area contributed by atoms with Gasteiger partial charge in [0.1, 0.15) is 12.4 Å². The van der Waals surface area contributed by atoms with E-state index in [4.69, 9.17) is 9.84 Å². The summed E-state index contributed by atoms with van der Waals surface area (Å²) in [6, 6.07) is 7.80. The van der Waals surface area contributed by atoms with Gasteiger partial charge in [0.15, 0.2) is 0 Å². The maximum absolute atomic E-state index is 8.83. The van der Waals surface area contributed by atoms with Gasteiger partial charge in [0.05, 0.1) is 6.61 Å². The van der Waals surface area contributed by atoms with Crippen LogP contribution in [0.15, 0.2) is 28.7 Å². The average molecular weight is 288 g/mol. The van der Waals surface area contributed by atoms with Crippen molar-refractivity contribution in [2.45, 2.75) is 6.92 Å². The van der Waals surface area contributed by atoms with Gasteiger partial charge in [-0.05, 0) is 24.7 Å². The van der Waals surface area contributed by atoms with Crippen molar-refractivity contribution in [3.8, 4) is 5.75 Å². The molecule has 1 N–H and O–H groups in total. The summed E-state index contributed by atoms with van der Waals surface area (Å²) in [5, 5.41) is 8.83. The molecule has 1 rings (SSSR count). The Hall–Kier alpha value is -0.580. The molecule has 90 valence electrons. The summed E-state index contributed by atoms with van der Waals surface area (Å²) >= 11 is 3.40. The topological polar surface area (TPSA) is 32.7 Å². The van der Waals surface area contributed by atoms with E-state index in [2.05, 4.69) is 27.8 Å². The number of hydrogen-bond donors (Lipinski definition) is 1. The summed E-state index contributed by atoms with van der Waals surface area (Å²) in [7, 11) is 0. The zero-order chi connectivity index (χ0) is 11.8. The Morgan fingerprint density at radius 2 is 2.19 bits per heavy atom. The van der Waals surface area contributed by atoms with Gasteiger partial charge in [-0.25, -0.2) is 0 Å². The predicted molar refractivity (Wildman–Crippen MR) is 68.8 cm³/mol. The van der Waals surface area contributed by atoms with E-state index in [0.29, 0.717) is 13.2 Å². The minimum absolute atomic E-state index is 0.199. The SMILES string of the molecule is CCN(CCO)CCOc1cccc(Br)c1. The van der Waals surface area contributed by atoms with Crippen LogP contribution in [-0.4, -0.2) is 42.9 Å². The zero-order valence-corrected chi connectivity index (χ0v) is 11.1. The quantitative estimate of drug-likeness (QED) is 0.834. The van der Waals surface area contributed by atoms with Crippen LogP contribution in [0, 0.1) is 0 Å². The molecule has 0 bridgehead atoms. The van der Waals surface area contributed by atoms with Crippen molar-refractivity contribution in [3.63, 3.8) is 0 Å². The summed E-state index contributed by atoms with van der Waals surface area (Å²) in [5.41, 5.74) is 0. The van der Waals surface area contributed by atoms with Crippen LogP contribution in [0.1, 0.15) is 6.92 Å². The van der Waals surface area contributed by atoms with Gasteiger partial charge in [-0.1, -0.05) is 28.9 Å². The fraction of sp³-hybridized carbons (Fsp3) is 0.500. The van der Waals surface area contributed by atoms with Crippen molar-refractivity contribution < 1.29 is 9.84 Å². The molecule has 0 spiro atoms. The number of aliphatic hydroxyl groups is 1. The van der Waals surface area contributed by atoms with Gasteiger partial charge in [-0.2, -0.15) is 0 Å². The number of nitrogens with zero attached hydrogens (tertiary/aromatic N) is 1. The van der Waals surface area contributed by atoms with Gasteiger partial charge in [0, 0.05) is 17.6 Å². The highest BCUT2D eigenvalue weighted by atomic mass is 79.9. The first-order valence-corrected chi connectivity index (χ1v) is 6.27. The number of rotatable bonds is 7. The van der Waals surface area contributed by atoms with Gasteiger partial charge in [0.25, 0.3) is 0 Å². The molecule has 0 amide bonds. The molecular formula is C12H18BrNO2. The van der Waals surface area contributed by atoms with E-state index in [1.807, 2.05) is 24.3 Å². The molecule has 0 saturated carbocycles. The van der Waals surface area contributed by atoms with Crippen LogP contribution in [0.2, 0.25) is 0 Å². The first-order valence-electron chi connectivity index (χ1n) is 5.48. The third-order valence-corrected chi connectivity index (χ3v) is 2.83. The molecule has 0 aromatic heterocycles. The molecule has 16 heavy (non-hydrogen) atoms. The summed E-state index contributed by atoms with van der Waals surface area (Å²) < 4.78 is 6.63. The molecule has 0 saturated heterocycles. The summed E-state index contributed by atoms with van der Waals surface area (Å²) in [4.78, 5) is 2.15.